The summed E-state index contributed by atoms with van der Waals surface area (Å²) in [7, 11) is -2.69. The fraction of sp³-hybridized carbons (Fsp3) is 0.440. The van der Waals surface area contributed by atoms with Gasteiger partial charge in [0.25, 0.3) is 0 Å². The minimum Gasteiger partial charge on any atom is -0.352 e. The summed E-state index contributed by atoms with van der Waals surface area (Å²) in [6, 6.07) is 10.7. The van der Waals surface area contributed by atoms with Gasteiger partial charge in [0, 0.05) is 30.2 Å². The molecule has 2 amide bonds. The molecule has 10 heteroatoms. The molecule has 0 heterocycles. The van der Waals surface area contributed by atoms with Gasteiger partial charge in [-0.2, -0.15) is 4.31 Å². The van der Waals surface area contributed by atoms with Crippen LogP contribution in [0.1, 0.15) is 44.6 Å². The van der Waals surface area contributed by atoms with Crippen LogP contribution in [0, 0.1) is 5.82 Å². The number of carbonyl (C=O) groups is 2. The average Bonchev–Trinajstić information content (AvgIpc) is 2.84. The summed E-state index contributed by atoms with van der Waals surface area (Å²) in [5.74, 6) is -1.46. The van der Waals surface area contributed by atoms with Crippen LogP contribution >= 0.6 is 11.6 Å². The zero-order valence-electron chi connectivity index (χ0n) is 19.9. The molecular formula is C25H31ClFN3O4S. The maximum atomic E-state index is 14.4. The fourth-order valence-electron chi connectivity index (χ4n) is 4.11. The molecule has 35 heavy (non-hydrogen) atoms. The van der Waals surface area contributed by atoms with Crippen LogP contribution < -0.4 is 5.32 Å². The topological polar surface area (TPSA) is 86.8 Å². The van der Waals surface area contributed by atoms with Crippen LogP contribution in [-0.4, -0.2) is 55.1 Å². The van der Waals surface area contributed by atoms with Crippen molar-refractivity contribution >= 4 is 33.4 Å². The van der Waals surface area contributed by atoms with E-state index < -0.39 is 34.3 Å². The van der Waals surface area contributed by atoms with Crippen molar-refractivity contribution < 1.29 is 22.4 Å². The number of likely N-dealkylation sites (N-methyl/N-ethyl adjacent to an activating group) is 1. The number of hydrogen-bond donors (Lipinski definition) is 1. The maximum absolute atomic E-state index is 14.4. The summed E-state index contributed by atoms with van der Waals surface area (Å²) in [5, 5.41) is 3.38. The van der Waals surface area contributed by atoms with Crippen LogP contribution in [-0.2, 0) is 26.2 Å². The second-order valence-corrected chi connectivity index (χ2v) is 11.3. The Hall–Kier alpha value is -2.49. The fourth-order valence-corrected chi connectivity index (χ4v) is 5.36. The van der Waals surface area contributed by atoms with E-state index in [1.807, 2.05) is 0 Å². The highest BCUT2D eigenvalue weighted by Crippen LogP contribution is 2.20. The number of sulfonamides is 1. The predicted octanol–water partition coefficient (Wildman–Crippen LogP) is 3.97. The molecule has 1 aliphatic carbocycles. The Morgan fingerprint density at radius 2 is 1.71 bits per heavy atom. The summed E-state index contributed by atoms with van der Waals surface area (Å²) >= 11 is 5.85. The molecule has 3 rings (SSSR count). The minimum absolute atomic E-state index is 0.0130. The van der Waals surface area contributed by atoms with Gasteiger partial charge in [-0.3, -0.25) is 9.59 Å². The van der Waals surface area contributed by atoms with E-state index in [0.29, 0.717) is 5.02 Å². The number of carbonyl (C=O) groups excluding carboxylic acids is 2. The predicted molar refractivity (Wildman–Crippen MR) is 133 cm³/mol. The smallest absolute Gasteiger partial charge is 0.243 e. The summed E-state index contributed by atoms with van der Waals surface area (Å²) in [4.78, 5) is 27.6. The molecule has 1 aliphatic rings. The molecule has 0 aliphatic heterocycles. The van der Waals surface area contributed by atoms with Crippen molar-refractivity contribution in [1.82, 2.24) is 14.5 Å². The van der Waals surface area contributed by atoms with Gasteiger partial charge in [-0.15, -0.1) is 0 Å². The lowest BCUT2D eigenvalue weighted by Crippen LogP contribution is -2.52. The average molecular weight is 524 g/mol. The third-order valence-electron chi connectivity index (χ3n) is 6.30. The first kappa shape index (κ1) is 27.1. The molecule has 1 saturated carbocycles. The van der Waals surface area contributed by atoms with Crippen molar-refractivity contribution in [3.05, 3.63) is 64.9 Å². The number of nitrogens with zero attached hydrogens (tertiary/aromatic N) is 2. The molecule has 190 valence electrons. The van der Waals surface area contributed by atoms with Gasteiger partial charge in [0.15, 0.2) is 0 Å². The standard InChI is InChI=1S/C25H31ClFN3O4S/c1-18(25(32)28-21-9-4-3-5-10-21)30(16-19-8-6-7-11-23(19)27)24(31)17-29(2)35(33,34)22-14-12-20(26)13-15-22/h6-8,11-15,18,21H,3-5,9-10,16-17H2,1-2H3,(H,28,32). The van der Waals surface area contributed by atoms with Crippen molar-refractivity contribution in [3.8, 4) is 0 Å². The zero-order valence-corrected chi connectivity index (χ0v) is 21.5. The molecule has 0 bridgehead atoms. The Labute approximate surface area is 211 Å². The molecule has 0 aromatic heterocycles. The largest absolute Gasteiger partial charge is 0.352 e. The quantitative estimate of drug-likeness (QED) is 0.539. The normalized spacial score (nSPS) is 15.6. The number of nitrogens with one attached hydrogen (secondary N) is 1. The number of halogens is 2. The summed E-state index contributed by atoms with van der Waals surface area (Å²) in [6.07, 6.45) is 4.95. The SMILES string of the molecule is CC(C(=O)NC1CCCCC1)N(Cc1ccccc1F)C(=O)CN(C)S(=O)(=O)c1ccc(Cl)cc1. The highest BCUT2D eigenvalue weighted by Gasteiger charge is 2.31. The molecule has 0 radical (unpaired) electrons. The molecule has 1 fully saturated rings. The summed E-state index contributed by atoms with van der Waals surface area (Å²) < 4.78 is 41.2. The van der Waals surface area contributed by atoms with E-state index in [1.54, 1.807) is 13.0 Å². The monoisotopic (exact) mass is 523 g/mol. The molecule has 0 saturated heterocycles. The van der Waals surface area contributed by atoms with E-state index in [4.69, 9.17) is 11.6 Å². The minimum atomic E-state index is -3.98. The van der Waals surface area contributed by atoms with Crippen LogP contribution in [0.3, 0.4) is 0 Å². The van der Waals surface area contributed by atoms with Crippen molar-refractivity contribution in [3.63, 3.8) is 0 Å². The van der Waals surface area contributed by atoms with E-state index in [9.17, 15) is 22.4 Å². The third kappa shape index (κ3) is 7.02. The van der Waals surface area contributed by atoms with Gasteiger partial charge in [0.2, 0.25) is 21.8 Å². The lowest BCUT2D eigenvalue weighted by atomic mass is 9.95. The number of rotatable bonds is 9. The molecular weight excluding hydrogens is 493 g/mol. The van der Waals surface area contributed by atoms with Crippen molar-refractivity contribution in [2.24, 2.45) is 0 Å². The van der Waals surface area contributed by atoms with E-state index >= 15 is 0 Å². The lowest BCUT2D eigenvalue weighted by molar-refractivity contribution is -0.141. The summed E-state index contributed by atoms with van der Waals surface area (Å²) in [6.45, 7) is 0.894. The van der Waals surface area contributed by atoms with Gasteiger partial charge in [-0.1, -0.05) is 49.1 Å². The third-order valence-corrected chi connectivity index (χ3v) is 8.37. The number of amides is 2. The lowest BCUT2D eigenvalue weighted by Gasteiger charge is -2.32. The Kier molecular flexibility index (Phi) is 9.27. The first-order valence-corrected chi connectivity index (χ1v) is 13.5. The zero-order chi connectivity index (χ0) is 25.6. The van der Waals surface area contributed by atoms with Gasteiger partial charge in [0.1, 0.15) is 11.9 Å². The highest BCUT2D eigenvalue weighted by molar-refractivity contribution is 7.89. The highest BCUT2D eigenvalue weighted by atomic mass is 35.5. The van der Waals surface area contributed by atoms with Gasteiger partial charge in [-0.05, 0) is 50.1 Å². The van der Waals surface area contributed by atoms with Crippen LogP contribution in [0.4, 0.5) is 4.39 Å². The Bertz CT molecular complexity index is 1140. The molecule has 1 unspecified atom stereocenters. The van der Waals surface area contributed by atoms with Crippen LogP contribution in [0.15, 0.2) is 53.4 Å². The molecule has 1 N–H and O–H groups in total. The van der Waals surface area contributed by atoms with Gasteiger partial charge in [-0.25, -0.2) is 12.8 Å². The molecule has 1 atom stereocenters. The van der Waals surface area contributed by atoms with Gasteiger partial charge < -0.3 is 10.2 Å². The number of benzene rings is 2. The Morgan fingerprint density at radius 3 is 2.34 bits per heavy atom. The molecule has 7 nitrogen and oxygen atoms in total. The van der Waals surface area contributed by atoms with Gasteiger partial charge >= 0.3 is 0 Å². The first-order chi connectivity index (χ1) is 16.6. The van der Waals surface area contributed by atoms with Crippen molar-refractivity contribution in [2.75, 3.05) is 13.6 Å². The van der Waals surface area contributed by atoms with Gasteiger partial charge in [0.05, 0.1) is 11.4 Å². The first-order valence-electron chi connectivity index (χ1n) is 11.6. The van der Waals surface area contributed by atoms with E-state index in [1.165, 1.54) is 54.4 Å². The molecule has 2 aromatic carbocycles. The van der Waals surface area contributed by atoms with Crippen LogP contribution in [0.25, 0.3) is 0 Å². The molecule has 0 spiro atoms. The summed E-state index contributed by atoms with van der Waals surface area (Å²) in [5.41, 5.74) is 0.237. The number of hydrogen-bond acceptors (Lipinski definition) is 4. The Morgan fingerprint density at radius 1 is 1.09 bits per heavy atom. The maximum Gasteiger partial charge on any atom is 0.243 e. The van der Waals surface area contributed by atoms with E-state index in [2.05, 4.69) is 5.32 Å². The van der Waals surface area contributed by atoms with E-state index in [-0.39, 0.29) is 29.0 Å². The molecule has 2 aromatic rings. The second-order valence-electron chi connectivity index (χ2n) is 8.85. The van der Waals surface area contributed by atoms with E-state index in [0.717, 1.165) is 36.4 Å². The van der Waals surface area contributed by atoms with Crippen LogP contribution in [0.2, 0.25) is 5.02 Å². The van der Waals surface area contributed by atoms with Crippen molar-refractivity contribution in [1.29, 1.82) is 0 Å². The Balaban J connectivity index is 1.80. The van der Waals surface area contributed by atoms with Crippen LogP contribution in [0.5, 0.6) is 0 Å². The van der Waals surface area contributed by atoms with Crippen molar-refractivity contribution in [2.45, 2.75) is 62.6 Å². The second kappa shape index (κ2) is 12.0.